The molecule has 1 rings (SSSR count). The molecule has 3 heteroatoms. The van der Waals surface area contributed by atoms with Crippen molar-refractivity contribution in [3.05, 3.63) is 22.3 Å². The third kappa shape index (κ3) is 2.20. The predicted octanol–water partition coefficient (Wildman–Crippen LogP) is 3.99. The van der Waals surface area contributed by atoms with Gasteiger partial charge in [-0.3, -0.25) is 0 Å². The van der Waals surface area contributed by atoms with E-state index < -0.39 is 7.42 Å². The maximum absolute atomic E-state index is 5.94. The van der Waals surface area contributed by atoms with Gasteiger partial charge in [-0.15, -0.1) is 22.2 Å². The molecule has 1 unspecified atom stereocenters. The van der Waals surface area contributed by atoms with Crippen molar-refractivity contribution in [1.29, 1.82) is 0 Å². The lowest BCUT2D eigenvalue weighted by atomic mass is 10.00. The average molecular weight is 235 g/mol. The Hall–Kier alpha value is 0.277. The molecule has 1 aliphatic carbocycles. The number of rotatable bonds is 2. The summed E-state index contributed by atoms with van der Waals surface area (Å²) in [4.78, 5) is 0. The van der Waals surface area contributed by atoms with Gasteiger partial charge in [0.1, 0.15) is 0 Å². The molecule has 0 aromatic carbocycles. The standard InChI is InChI=1S/C10H16Cl2Si/c1-6-7(2)9(4)10(8(6)3)5-13(11)12/h8,13H,5H2,1-4H3. The largest absolute Gasteiger partial charge is 0.241 e. The van der Waals surface area contributed by atoms with E-state index in [0.717, 1.165) is 6.04 Å². The van der Waals surface area contributed by atoms with Crippen LogP contribution in [-0.4, -0.2) is 7.42 Å². The van der Waals surface area contributed by atoms with E-state index in [1.807, 2.05) is 0 Å². The van der Waals surface area contributed by atoms with Crippen molar-refractivity contribution >= 4 is 29.6 Å². The van der Waals surface area contributed by atoms with Crippen molar-refractivity contribution < 1.29 is 0 Å². The first-order chi connectivity index (χ1) is 5.95. The lowest BCUT2D eigenvalue weighted by molar-refractivity contribution is 0.813. The molecule has 0 aromatic heterocycles. The van der Waals surface area contributed by atoms with Gasteiger partial charge in [0.2, 0.25) is 7.42 Å². The number of halogens is 2. The fraction of sp³-hybridized carbons (Fsp3) is 0.600. The third-order valence-corrected chi connectivity index (χ3v) is 4.86. The summed E-state index contributed by atoms with van der Waals surface area (Å²) in [5.41, 5.74) is 5.81. The van der Waals surface area contributed by atoms with Gasteiger partial charge in [-0.25, -0.2) is 0 Å². The Balaban J connectivity index is 2.90. The molecular weight excluding hydrogens is 219 g/mol. The molecule has 0 saturated carbocycles. The first-order valence-electron chi connectivity index (χ1n) is 4.60. The molecule has 0 aromatic rings. The molecular formula is C10H16Cl2Si. The fourth-order valence-electron chi connectivity index (χ4n) is 1.94. The molecule has 0 heterocycles. The lowest BCUT2D eigenvalue weighted by Crippen LogP contribution is -2.03. The smallest absolute Gasteiger partial charge is 0.150 e. The van der Waals surface area contributed by atoms with E-state index in [2.05, 4.69) is 27.7 Å². The molecule has 1 aliphatic rings. The summed E-state index contributed by atoms with van der Waals surface area (Å²) in [6, 6.07) is 0.935. The highest BCUT2D eigenvalue weighted by Gasteiger charge is 2.24. The molecule has 0 nitrogen and oxygen atoms in total. The molecule has 0 N–H and O–H groups in total. The van der Waals surface area contributed by atoms with Crippen molar-refractivity contribution in [2.45, 2.75) is 33.7 Å². The molecule has 0 fully saturated rings. The molecule has 0 amide bonds. The molecule has 1 atom stereocenters. The van der Waals surface area contributed by atoms with Crippen LogP contribution in [0.1, 0.15) is 27.7 Å². The normalized spacial score (nSPS) is 23.8. The SMILES string of the molecule is CC1=C(C)C(C)C(C[SiH](Cl)Cl)=C1C. The molecule has 0 radical (unpaired) electrons. The van der Waals surface area contributed by atoms with Gasteiger partial charge in [0, 0.05) is 0 Å². The minimum Gasteiger partial charge on any atom is -0.150 e. The number of allylic oxidation sites excluding steroid dienone is 4. The van der Waals surface area contributed by atoms with Gasteiger partial charge >= 0.3 is 0 Å². The van der Waals surface area contributed by atoms with Crippen molar-refractivity contribution in [2.24, 2.45) is 5.92 Å². The van der Waals surface area contributed by atoms with E-state index in [1.54, 1.807) is 0 Å². The van der Waals surface area contributed by atoms with Crippen molar-refractivity contribution in [3.63, 3.8) is 0 Å². The second kappa shape index (κ2) is 4.20. The minimum atomic E-state index is -1.50. The van der Waals surface area contributed by atoms with E-state index in [9.17, 15) is 0 Å². The fourth-order valence-corrected chi connectivity index (χ4v) is 3.93. The van der Waals surface area contributed by atoms with E-state index in [4.69, 9.17) is 22.2 Å². The van der Waals surface area contributed by atoms with E-state index >= 15 is 0 Å². The highest BCUT2D eigenvalue weighted by molar-refractivity contribution is 7.34. The minimum absolute atomic E-state index is 0.562. The zero-order chi connectivity index (χ0) is 10.2. The van der Waals surface area contributed by atoms with Crippen LogP contribution in [-0.2, 0) is 0 Å². The van der Waals surface area contributed by atoms with Gasteiger partial charge in [-0.1, -0.05) is 18.1 Å². The predicted molar refractivity (Wildman–Crippen MR) is 63.9 cm³/mol. The van der Waals surface area contributed by atoms with Crippen LogP contribution in [0.2, 0.25) is 6.04 Å². The number of hydrogen-bond donors (Lipinski definition) is 0. The summed E-state index contributed by atoms with van der Waals surface area (Å²) in [5.74, 6) is 0.562. The highest BCUT2D eigenvalue weighted by Crippen LogP contribution is 2.39. The Labute approximate surface area is 91.6 Å². The summed E-state index contributed by atoms with van der Waals surface area (Å²) >= 11 is 11.9. The molecule has 0 spiro atoms. The van der Waals surface area contributed by atoms with Gasteiger partial charge in [0.15, 0.2) is 0 Å². The van der Waals surface area contributed by atoms with Crippen LogP contribution in [0.15, 0.2) is 22.3 Å². The summed E-state index contributed by atoms with van der Waals surface area (Å²) < 4.78 is 0. The van der Waals surface area contributed by atoms with Crippen LogP contribution in [0.5, 0.6) is 0 Å². The van der Waals surface area contributed by atoms with Gasteiger partial charge in [-0.2, -0.15) is 0 Å². The second-order valence-corrected chi connectivity index (χ2v) is 8.80. The van der Waals surface area contributed by atoms with Crippen LogP contribution in [0.25, 0.3) is 0 Å². The molecule has 0 saturated heterocycles. The van der Waals surface area contributed by atoms with Gasteiger partial charge in [-0.05, 0) is 43.9 Å². The van der Waals surface area contributed by atoms with Crippen LogP contribution < -0.4 is 0 Å². The first-order valence-corrected chi connectivity index (χ1v) is 8.91. The van der Waals surface area contributed by atoms with Crippen molar-refractivity contribution in [3.8, 4) is 0 Å². The molecule has 0 bridgehead atoms. The molecule has 0 aliphatic heterocycles. The zero-order valence-electron chi connectivity index (χ0n) is 8.62. The maximum Gasteiger partial charge on any atom is 0.241 e. The zero-order valence-corrected chi connectivity index (χ0v) is 11.3. The van der Waals surface area contributed by atoms with Crippen molar-refractivity contribution in [2.75, 3.05) is 0 Å². The Morgan fingerprint density at radius 3 is 2.00 bits per heavy atom. The second-order valence-electron chi connectivity index (χ2n) is 3.78. The van der Waals surface area contributed by atoms with Gasteiger partial charge in [0.25, 0.3) is 0 Å². The summed E-state index contributed by atoms with van der Waals surface area (Å²) in [7, 11) is -1.50. The van der Waals surface area contributed by atoms with Crippen molar-refractivity contribution in [1.82, 2.24) is 0 Å². The monoisotopic (exact) mass is 234 g/mol. The van der Waals surface area contributed by atoms with Crippen LogP contribution in [0.3, 0.4) is 0 Å². The summed E-state index contributed by atoms with van der Waals surface area (Å²) in [5, 5.41) is 0. The van der Waals surface area contributed by atoms with E-state index in [1.165, 1.54) is 22.3 Å². The summed E-state index contributed by atoms with van der Waals surface area (Å²) in [6.45, 7) is 8.82. The lowest BCUT2D eigenvalue weighted by Gasteiger charge is -2.12. The quantitative estimate of drug-likeness (QED) is 0.501. The van der Waals surface area contributed by atoms with Crippen LogP contribution in [0, 0.1) is 5.92 Å². The van der Waals surface area contributed by atoms with Gasteiger partial charge in [0.05, 0.1) is 0 Å². The average Bonchev–Trinajstić information content (AvgIpc) is 2.22. The van der Waals surface area contributed by atoms with E-state index in [-0.39, 0.29) is 0 Å². The Kier molecular flexibility index (Phi) is 3.67. The Morgan fingerprint density at radius 1 is 1.15 bits per heavy atom. The third-order valence-electron chi connectivity index (χ3n) is 3.18. The molecule has 74 valence electrons. The number of hydrogen-bond acceptors (Lipinski definition) is 0. The Morgan fingerprint density at radius 2 is 1.69 bits per heavy atom. The highest BCUT2D eigenvalue weighted by atomic mass is 35.7. The van der Waals surface area contributed by atoms with Crippen LogP contribution in [0.4, 0.5) is 0 Å². The van der Waals surface area contributed by atoms with Crippen LogP contribution >= 0.6 is 22.2 Å². The summed E-state index contributed by atoms with van der Waals surface area (Å²) in [6.07, 6.45) is 0. The molecule has 13 heavy (non-hydrogen) atoms. The van der Waals surface area contributed by atoms with Gasteiger partial charge < -0.3 is 0 Å². The first kappa shape index (κ1) is 11.4. The Bertz CT molecular complexity index is 277. The van der Waals surface area contributed by atoms with E-state index in [0.29, 0.717) is 5.92 Å². The maximum atomic E-state index is 5.94. The topological polar surface area (TPSA) is 0 Å².